The number of nitrogen functional groups attached to an aromatic ring is 1. The summed E-state index contributed by atoms with van der Waals surface area (Å²) in [5, 5.41) is 2.22. The lowest BCUT2D eigenvalue weighted by Crippen LogP contribution is -2.51. The summed E-state index contributed by atoms with van der Waals surface area (Å²) in [6, 6.07) is 5.09. The van der Waals surface area contributed by atoms with Crippen molar-refractivity contribution in [1.82, 2.24) is 10.3 Å². The number of aromatic nitrogens is 1. The van der Waals surface area contributed by atoms with E-state index in [1.54, 1.807) is 23.1 Å². The third-order valence-corrected chi connectivity index (χ3v) is 2.03. The molecule has 1 aliphatic rings. The Hall–Kier alpha value is -2.11. The highest BCUT2D eigenvalue weighted by molar-refractivity contribution is 6.02. The summed E-state index contributed by atoms with van der Waals surface area (Å²) in [6.07, 6.45) is 0. The van der Waals surface area contributed by atoms with Crippen LogP contribution in [0.15, 0.2) is 18.2 Å². The lowest BCUT2D eigenvalue weighted by atomic mass is 10.3. The lowest BCUT2D eigenvalue weighted by Gasteiger charge is -2.26. The van der Waals surface area contributed by atoms with Crippen LogP contribution in [-0.4, -0.2) is 29.9 Å². The number of nitrogens with two attached hydrogens (primary N) is 1. The van der Waals surface area contributed by atoms with E-state index in [4.69, 9.17) is 5.73 Å². The minimum atomic E-state index is -0.324. The van der Waals surface area contributed by atoms with Crippen LogP contribution in [0.2, 0.25) is 0 Å². The zero-order chi connectivity index (χ0) is 10.8. The van der Waals surface area contributed by atoms with Crippen molar-refractivity contribution >= 4 is 23.5 Å². The highest BCUT2D eigenvalue weighted by Gasteiger charge is 2.23. The van der Waals surface area contributed by atoms with Crippen LogP contribution in [0.25, 0.3) is 0 Å². The van der Waals surface area contributed by atoms with Crippen molar-refractivity contribution in [2.24, 2.45) is 0 Å². The highest BCUT2D eigenvalue weighted by Crippen LogP contribution is 2.13. The summed E-state index contributed by atoms with van der Waals surface area (Å²) in [6.45, 7) is 0.254. The Morgan fingerprint density at radius 1 is 1.27 bits per heavy atom. The minimum absolute atomic E-state index is 0.127. The van der Waals surface area contributed by atoms with E-state index in [-0.39, 0.29) is 24.9 Å². The van der Waals surface area contributed by atoms with Gasteiger partial charge in [-0.15, -0.1) is 0 Å². The molecule has 1 aromatic heterocycles. The van der Waals surface area contributed by atoms with Gasteiger partial charge in [-0.25, -0.2) is 4.98 Å². The molecule has 0 radical (unpaired) electrons. The molecule has 0 saturated carbocycles. The van der Waals surface area contributed by atoms with Crippen LogP contribution in [0.5, 0.6) is 0 Å². The molecule has 0 spiro atoms. The normalized spacial score (nSPS) is 16.4. The van der Waals surface area contributed by atoms with Gasteiger partial charge in [0.05, 0.1) is 13.1 Å². The van der Waals surface area contributed by atoms with Crippen LogP contribution >= 0.6 is 0 Å². The molecular weight excluding hydrogens is 196 g/mol. The largest absolute Gasteiger partial charge is 0.384 e. The Balaban J connectivity index is 2.23. The van der Waals surface area contributed by atoms with Crippen LogP contribution in [0, 0.1) is 0 Å². The van der Waals surface area contributed by atoms with Crippen molar-refractivity contribution in [3.63, 3.8) is 0 Å². The molecule has 2 heterocycles. The smallest absolute Gasteiger partial charge is 0.246 e. The summed E-state index contributed by atoms with van der Waals surface area (Å²) in [7, 11) is 0. The van der Waals surface area contributed by atoms with E-state index in [2.05, 4.69) is 10.3 Å². The number of hydrogen-bond donors (Lipinski definition) is 2. The van der Waals surface area contributed by atoms with Crippen molar-refractivity contribution in [1.29, 1.82) is 0 Å². The van der Waals surface area contributed by atoms with Crippen molar-refractivity contribution < 1.29 is 9.59 Å². The standard InChI is InChI=1S/C9H10N4O2/c10-6-2-1-3-7(11-6)13-4-8(14)12-9(15)5-13/h1-3H,4-5H2,(H2,10,11)(H,12,14,15). The van der Waals surface area contributed by atoms with E-state index in [0.29, 0.717) is 11.6 Å². The molecule has 0 aliphatic carbocycles. The molecule has 78 valence electrons. The predicted molar refractivity (Wildman–Crippen MR) is 54.0 cm³/mol. The van der Waals surface area contributed by atoms with Crippen LogP contribution < -0.4 is 16.0 Å². The number of anilines is 2. The molecule has 1 aliphatic heterocycles. The van der Waals surface area contributed by atoms with E-state index in [1.807, 2.05) is 0 Å². The maximum Gasteiger partial charge on any atom is 0.246 e. The SMILES string of the molecule is Nc1cccc(N2CC(=O)NC(=O)C2)n1. The molecule has 1 aromatic rings. The number of amides is 2. The molecule has 6 heteroatoms. The predicted octanol–water partition coefficient (Wildman–Crippen LogP) is -0.873. The zero-order valence-electron chi connectivity index (χ0n) is 7.93. The Morgan fingerprint density at radius 3 is 2.53 bits per heavy atom. The number of nitrogens with zero attached hydrogens (tertiary/aromatic N) is 2. The number of nitrogens with one attached hydrogen (secondary N) is 1. The Labute approximate surface area is 86.1 Å². The maximum absolute atomic E-state index is 11.1. The van der Waals surface area contributed by atoms with Gasteiger partial charge in [-0.1, -0.05) is 6.07 Å². The zero-order valence-corrected chi connectivity index (χ0v) is 7.93. The van der Waals surface area contributed by atoms with Gasteiger partial charge in [0, 0.05) is 0 Å². The molecule has 6 nitrogen and oxygen atoms in total. The third-order valence-electron chi connectivity index (χ3n) is 2.03. The summed E-state index contributed by atoms with van der Waals surface area (Å²) < 4.78 is 0. The number of piperazine rings is 1. The molecular formula is C9H10N4O2. The van der Waals surface area contributed by atoms with Crippen LogP contribution in [0.4, 0.5) is 11.6 Å². The number of carbonyl (C=O) groups is 2. The molecule has 0 bridgehead atoms. The van der Waals surface area contributed by atoms with Gasteiger partial charge in [0.25, 0.3) is 0 Å². The quantitative estimate of drug-likeness (QED) is 0.583. The van der Waals surface area contributed by atoms with Crippen LogP contribution in [0.1, 0.15) is 0 Å². The highest BCUT2D eigenvalue weighted by atomic mass is 16.2. The van der Waals surface area contributed by atoms with E-state index < -0.39 is 0 Å². The van der Waals surface area contributed by atoms with Gasteiger partial charge in [0.15, 0.2) is 0 Å². The van der Waals surface area contributed by atoms with Gasteiger partial charge in [0.2, 0.25) is 11.8 Å². The van der Waals surface area contributed by atoms with Gasteiger partial charge in [0.1, 0.15) is 11.6 Å². The second kappa shape index (κ2) is 3.56. The maximum atomic E-state index is 11.1. The monoisotopic (exact) mass is 206 g/mol. The average molecular weight is 206 g/mol. The number of imide groups is 1. The van der Waals surface area contributed by atoms with Crippen molar-refractivity contribution in [3.8, 4) is 0 Å². The molecule has 3 N–H and O–H groups in total. The Bertz CT molecular complexity index is 402. The van der Waals surface area contributed by atoms with Gasteiger partial charge in [-0.3, -0.25) is 14.9 Å². The second-order valence-electron chi connectivity index (χ2n) is 3.25. The topological polar surface area (TPSA) is 88.3 Å². The first-order valence-electron chi connectivity index (χ1n) is 4.45. The molecule has 2 rings (SSSR count). The number of hydrogen-bond acceptors (Lipinski definition) is 5. The van der Waals surface area contributed by atoms with E-state index in [1.165, 1.54) is 0 Å². The molecule has 0 aromatic carbocycles. The third kappa shape index (κ3) is 2.04. The Morgan fingerprint density at radius 2 is 1.93 bits per heavy atom. The molecule has 0 atom stereocenters. The second-order valence-corrected chi connectivity index (χ2v) is 3.25. The first-order chi connectivity index (χ1) is 7.15. The molecule has 15 heavy (non-hydrogen) atoms. The number of rotatable bonds is 1. The molecule has 1 fully saturated rings. The van der Waals surface area contributed by atoms with E-state index >= 15 is 0 Å². The fourth-order valence-electron chi connectivity index (χ4n) is 1.41. The minimum Gasteiger partial charge on any atom is -0.384 e. The first kappa shape index (κ1) is 9.45. The van der Waals surface area contributed by atoms with Gasteiger partial charge >= 0.3 is 0 Å². The fourth-order valence-corrected chi connectivity index (χ4v) is 1.41. The molecule has 1 saturated heterocycles. The van der Waals surface area contributed by atoms with E-state index in [0.717, 1.165) is 0 Å². The molecule has 0 unspecified atom stereocenters. The van der Waals surface area contributed by atoms with Crippen molar-refractivity contribution in [2.75, 3.05) is 23.7 Å². The van der Waals surface area contributed by atoms with E-state index in [9.17, 15) is 9.59 Å². The summed E-state index contributed by atoms with van der Waals surface area (Å²) in [4.78, 5) is 27.8. The van der Waals surface area contributed by atoms with Gasteiger partial charge in [-0.2, -0.15) is 0 Å². The molecule has 2 amide bonds. The summed E-state index contributed by atoms with van der Waals surface area (Å²) in [5.74, 6) is 0.259. The Kier molecular flexibility index (Phi) is 2.24. The van der Waals surface area contributed by atoms with Crippen LogP contribution in [-0.2, 0) is 9.59 Å². The van der Waals surface area contributed by atoms with Crippen LogP contribution in [0.3, 0.4) is 0 Å². The van der Waals surface area contributed by atoms with Crippen molar-refractivity contribution in [3.05, 3.63) is 18.2 Å². The first-order valence-corrected chi connectivity index (χ1v) is 4.45. The number of carbonyl (C=O) groups excluding carboxylic acids is 2. The summed E-state index contributed by atoms with van der Waals surface area (Å²) in [5.41, 5.74) is 5.51. The fraction of sp³-hybridized carbons (Fsp3) is 0.222. The van der Waals surface area contributed by atoms with Crippen molar-refractivity contribution in [2.45, 2.75) is 0 Å². The lowest BCUT2D eigenvalue weighted by molar-refractivity contribution is -0.130. The average Bonchev–Trinajstić information content (AvgIpc) is 2.16. The summed E-state index contributed by atoms with van der Waals surface area (Å²) >= 11 is 0. The van der Waals surface area contributed by atoms with Gasteiger partial charge in [-0.05, 0) is 12.1 Å². The number of pyridine rings is 1. The van der Waals surface area contributed by atoms with Gasteiger partial charge < -0.3 is 10.6 Å².